The summed E-state index contributed by atoms with van der Waals surface area (Å²) >= 11 is 0. The minimum atomic E-state index is -0.0405. The van der Waals surface area contributed by atoms with Crippen molar-refractivity contribution < 1.29 is 0 Å². The van der Waals surface area contributed by atoms with Crippen molar-refractivity contribution in [3.05, 3.63) is 204 Å². The van der Waals surface area contributed by atoms with Gasteiger partial charge in [-0.05, 0) is 133 Å². The van der Waals surface area contributed by atoms with Crippen LogP contribution in [0.5, 0.6) is 0 Å². The van der Waals surface area contributed by atoms with Crippen LogP contribution in [0.15, 0.2) is 170 Å². The van der Waals surface area contributed by atoms with Crippen molar-refractivity contribution in [1.29, 1.82) is 0 Å². The summed E-state index contributed by atoms with van der Waals surface area (Å²) in [6.45, 7) is 13.6. The van der Waals surface area contributed by atoms with Gasteiger partial charge >= 0.3 is 0 Å². The van der Waals surface area contributed by atoms with Gasteiger partial charge in [0.2, 0.25) is 6.71 Å². The Morgan fingerprint density at radius 1 is 0.338 bits per heavy atom. The van der Waals surface area contributed by atoms with Gasteiger partial charge in [0.05, 0.1) is 16.6 Å². The maximum Gasteiger partial charge on any atom is 0.243 e. The molecule has 0 saturated carbocycles. The van der Waals surface area contributed by atoms with Crippen molar-refractivity contribution >= 4 is 88.1 Å². The van der Waals surface area contributed by atoms with E-state index in [2.05, 4.69) is 212 Å². The summed E-state index contributed by atoms with van der Waals surface area (Å²) < 4.78 is 0. The van der Waals surface area contributed by atoms with E-state index in [1.54, 1.807) is 0 Å². The van der Waals surface area contributed by atoms with Crippen LogP contribution in [0.4, 0.5) is 0 Å². The highest BCUT2D eigenvalue weighted by Crippen LogP contribution is 2.46. The third-order valence-electron chi connectivity index (χ3n) is 14.0. The molecule has 3 heterocycles. The van der Waals surface area contributed by atoms with E-state index in [9.17, 15) is 0 Å². The number of hydrogen-bond acceptors (Lipinski definition) is 3. The standard InChI is InChI=1S/C61H46BN3/c1-35-23-37(3)60(38(4)24-35)62(61-39(5)25-36(2)26-40(61)6)54-31-53(46-29-43-15-9-12-18-57(43)65-34-46)49-20-19-47-51(44-27-41-13-7-10-16-55(41)63-32-44)30-52(48-21-22-50(54)59(49)58(47)48)45-28-42-14-8-11-17-56(42)64-33-45/h7-34H,1-6H3. The van der Waals surface area contributed by atoms with E-state index in [0.717, 1.165) is 60.5 Å². The molecular formula is C61H46BN3. The van der Waals surface area contributed by atoms with Gasteiger partial charge in [0.1, 0.15) is 0 Å². The highest BCUT2D eigenvalue weighted by Gasteiger charge is 2.32. The van der Waals surface area contributed by atoms with Gasteiger partial charge in [-0.15, -0.1) is 0 Å². The molecule has 0 atom stereocenters. The van der Waals surface area contributed by atoms with Gasteiger partial charge in [-0.25, -0.2) is 0 Å². The number of rotatable bonds is 6. The molecule has 0 N–H and O–H groups in total. The SMILES string of the molecule is Cc1cc(C)c(B(c2c(C)cc(C)cc2C)c2cc(-c3cnc4ccccc4c3)c3ccc4c(-c5cnc6ccccc6c5)cc(-c5cnc6ccccc6c5)c5ccc2c3c54)c(C)c1. The molecule has 0 aliphatic heterocycles. The first-order valence-electron chi connectivity index (χ1n) is 22.7. The van der Waals surface area contributed by atoms with Gasteiger partial charge < -0.3 is 0 Å². The summed E-state index contributed by atoms with van der Waals surface area (Å²) in [4.78, 5) is 15.1. The average molecular weight is 832 g/mol. The van der Waals surface area contributed by atoms with Crippen molar-refractivity contribution in [2.75, 3.05) is 0 Å². The highest BCUT2D eigenvalue weighted by molar-refractivity contribution is 6.98. The molecule has 12 aromatic rings. The Balaban J connectivity index is 1.27. The zero-order chi connectivity index (χ0) is 44.1. The molecule has 3 nitrogen and oxygen atoms in total. The van der Waals surface area contributed by atoms with E-state index >= 15 is 0 Å². The lowest BCUT2D eigenvalue weighted by molar-refractivity contribution is 1.34. The number of benzene rings is 9. The minimum Gasteiger partial charge on any atom is -0.256 e. The summed E-state index contributed by atoms with van der Waals surface area (Å²) in [5.74, 6) is 0. The van der Waals surface area contributed by atoms with Crippen molar-refractivity contribution in [3.8, 4) is 33.4 Å². The van der Waals surface area contributed by atoms with Crippen molar-refractivity contribution in [2.24, 2.45) is 0 Å². The van der Waals surface area contributed by atoms with E-state index in [1.165, 1.54) is 87.6 Å². The van der Waals surface area contributed by atoms with E-state index in [0.29, 0.717) is 0 Å². The Morgan fingerprint density at radius 2 is 0.677 bits per heavy atom. The number of fused-ring (bicyclic) bond motifs is 3. The maximum absolute atomic E-state index is 5.08. The molecule has 4 heteroatoms. The molecule has 0 unspecified atom stereocenters. The van der Waals surface area contributed by atoms with Crippen LogP contribution in [0, 0.1) is 41.5 Å². The van der Waals surface area contributed by atoms with Crippen LogP contribution in [0.2, 0.25) is 0 Å². The van der Waals surface area contributed by atoms with Crippen LogP contribution >= 0.6 is 0 Å². The van der Waals surface area contributed by atoms with E-state index in [4.69, 9.17) is 15.0 Å². The second-order valence-electron chi connectivity index (χ2n) is 18.4. The fourth-order valence-corrected chi connectivity index (χ4v) is 11.4. The van der Waals surface area contributed by atoms with Crippen molar-refractivity contribution in [1.82, 2.24) is 15.0 Å². The van der Waals surface area contributed by atoms with Gasteiger partial charge in [0.15, 0.2) is 0 Å². The van der Waals surface area contributed by atoms with Crippen LogP contribution in [0.3, 0.4) is 0 Å². The Kier molecular flexibility index (Phi) is 8.97. The molecule has 0 spiro atoms. The van der Waals surface area contributed by atoms with Crippen molar-refractivity contribution in [3.63, 3.8) is 0 Å². The molecule has 65 heavy (non-hydrogen) atoms. The van der Waals surface area contributed by atoms with Gasteiger partial charge in [-0.2, -0.15) is 0 Å². The fourth-order valence-electron chi connectivity index (χ4n) is 11.4. The molecule has 0 fully saturated rings. The zero-order valence-electron chi connectivity index (χ0n) is 37.6. The molecule has 308 valence electrons. The number of pyridine rings is 3. The molecule has 12 rings (SSSR count). The Morgan fingerprint density at radius 3 is 1.08 bits per heavy atom. The van der Waals surface area contributed by atoms with E-state index in [1.807, 2.05) is 0 Å². The molecule has 9 aromatic carbocycles. The summed E-state index contributed by atoms with van der Waals surface area (Å²) in [7, 11) is 0. The van der Waals surface area contributed by atoms with Crippen LogP contribution in [-0.2, 0) is 0 Å². The molecule has 0 radical (unpaired) electrons. The summed E-state index contributed by atoms with van der Waals surface area (Å²) in [6, 6.07) is 56.1. The lowest BCUT2D eigenvalue weighted by Gasteiger charge is -2.28. The average Bonchev–Trinajstić information content (AvgIpc) is 3.31. The molecule has 0 saturated heterocycles. The van der Waals surface area contributed by atoms with Gasteiger partial charge in [-0.3, -0.25) is 15.0 Å². The van der Waals surface area contributed by atoms with E-state index < -0.39 is 0 Å². The largest absolute Gasteiger partial charge is 0.256 e. The first-order chi connectivity index (χ1) is 31.7. The van der Waals surface area contributed by atoms with Crippen LogP contribution < -0.4 is 16.4 Å². The maximum atomic E-state index is 5.08. The Bertz CT molecular complexity index is 3720. The second-order valence-corrected chi connectivity index (χ2v) is 18.4. The summed E-state index contributed by atoms with van der Waals surface area (Å²) in [5, 5.41) is 10.8. The van der Waals surface area contributed by atoms with Crippen LogP contribution in [0.1, 0.15) is 33.4 Å². The predicted octanol–water partition coefficient (Wildman–Crippen LogP) is 13.6. The Hall–Kier alpha value is -7.69. The number of para-hydroxylation sites is 3. The molecule has 0 aliphatic carbocycles. The van der Waals surface area contributed by atoms with E-state index in [-0.39, 0.29) is 6.71 Å². The van der Waals surface area contributed by atoms with Crippen LogP contribution in [0.25, 0.3) is 98.4 Å². The van der Waals surface area contributed by atoms with Crippen LogP contribution in [-0.4, -0.2) is 21.7 Å². The highest BCUT2D eigenvalue weighted by atomic mass is 14.7. The normalized spacial score (nSPS) is 11.8. The molecule has 0 aliphatic rings. The predicted molar refractivity (Wildman–Crippen MR) is 278 cm³/mol. The second kappa shape index (κ2) is 15.0. The lowest BCUT2D eigenvalue weighted by Crippen LogP contribution is -2.56. The summed E-state index contributed by atoms with van der Waals surface area (Å²) in [5.41, 5.74) is 21.6. The third kappa shape index (κ3) is 6.31. The molecule has 0 bridgehead atoms. The van der Waals surface area contributed by atoms with Crippen molar-refractivity contribution in [2.45, 2.75) is 41.5 Å². The quantitative estimate of drug-likeness (QED) is 0.124. The lowest BCUT2D eigenvalue weighted by atomic mass is 9.33. The van der Waals surface area contributed by atoms with Gasteiger partial charge in [0, 0.05) is 51.4 Å². The number of aromatic nitrogens is 3. The number of hydrogen-bond donors (Lipinski definition) is 0. The minimum absolute atomic E-state index is 0.0405. The summed E-state index contributed by atoms with van der Waals surface area (Å²) in [6.07, 6.45) is 6.18. The molecule has 3 aromatic heterocycles. The fraction of sp³-hybridized carbons (Fsp3) is 0.0984. The zero-order valence-corrected chi connectivity index (χ0v) is 37.6. The first-order valence-corrected chi connectivity index (χ1v) is 22.7. The topological polar surface area (TPSA) is 38.7 Å². The number of nitrogens with zero attached hydrogens (tertiary/aromatic N) is 3. The first kappa shape index (κ1) is 38.9. The monoisotopic (exact) mass is 831 g/mol. The molecular weight excluding hydrogens is 786 g/mol. The smallest absolute Gasteiger partial charge is 0.243 e. The number of aryl methyl sites for hydroxylation is 6. The van der Waals surface area contributed by atoms with Gasteiger partial charge in [0.25, 0.3) is 0 Å². The van der Waals surface area contributed by atoms with Gasteiger partial charge in [-0.1, -0.05) is 159 Å². The Labute approximate surface area is 379 Å². The third-order valence-corrected chi connectivity index (χ3v) is 14.0. The molecule has 0 amide bonds.